The van der Waals surface area contributed by atoms with Crippen LogP contribution >= 0.6 is 0 Å². The molecule has 2 heterocycles. The minimum atomic E-state index is -0.420. The van der Waals surface area contributed by atoms with Crippen LogP contribution in [0.2, 0.25) is 0 Å². The fraction of sp³-hybridized carbons (Fsp3) is 0.692. The van der Waals surface area contributed by atoms with Gasteiger partial charge in [-0.2, -0.15) is 0 Å². The predicted molar refractivity (Wildman–Crippen MR) is 124 cm³/mol. The van der Waals surface area contributed by atoms with Crippen molar-refractivity contribution in [3.05, 3.63) is 29.8 Å². The number of benzene rings is 1. The molecule has 32 heavy (non-hydrogen) atoms. The molecule has 0 radical (unpaired) electrons. The van der Waals surface area contributed by atoms with E-state index < -0.39 is 5.66 Å². The molecule has 5 fully saturated rings. The van der Waals surface area contributed by atoms with Crippen LogP contribution in [-0.4, -0.2) is 59.5 Å². The lowest BCUT2D eigenvalue weighted by molar-refractivity contribution is -0.152. The van der Waals surface area contributed by atoms with Crippen molar-refractivity contribution in [1.29, 1.82) is 0 Å². The molecule has 2 bridgehead atoms. The average Bonchev–Trinajstić information content (AvgIpc) is 3.33. The Kier molecular flexibility index (Phi) is 4.79. The molecule has 2 N–H and O–H groups in total. The van der Waals surface area contributed by atoms with Crippen LogP contribution in [0.25, 0.3) is 0 Å². The first-order valence-electron chi connectivity index (χ1n) is 12.7. The number of rotatable bonds is 2. The minimum absolute atomic E-state index is 0.0152. The number of piperazine rings is 1. The summed E-state index contributed by atoms with van der Waals surface area (Å²) in [4.78, 5) is 31.4. The van der Waals surface area contributed by atoms with Gasteiger partial charge in [0, 0.05) is 49.7 Å². The van der Waals surface area contributed by atoms with E-state index >= 15 is 0 Å². The molecule has 6 nitrogen and oxygen atoms in total. The molecular formula is C26H36N4O2. The Morgan fingerprint density at radius 3 is 2.53 bits per heavy atom. The van der Waals surface area contributed by atoms with Crippen molar-refractivity contribution in [1.82, 2.24) is 15.1 Å². The van der Waals surface area contributed by atoms with Crippen molar-refractivity contribution in [2.24, 2.45) is 17.3 Å². The number of carbonyl (C=O) groups excluding carboxylic acids is 2. The van der Waals surface area contributed by atoms with Gasteiger partial charge in [-0.25, -0.2) is 0 Å². The zero-order valence-electron chi connectivity index (χ0n) is 19.2. The molecule has 6 heteroatoms. The predicted octanol–water partition coefficient (Wildman–Crippen LogP) is 3.45. The van der Waals surface area contributed by atoms with Crippen molar-refractivity contribution < 1.29 is 9.59 Å². The molecule has 0 aromatic heterocycles. The maximum atomic E-state index is 13.7. The summed E-state index contributed by atoms with van der Waals surface area (Å²) in [7, 11) is 0. The van der Waals surface area contributed by atoms with Gasteiger partial charge in [-0.15, -0.1) is 0 Å². The number of hydrogen-bond acceptors (Lipinski definition) is 4. The Balaban J connectivity index is 1.17. The number of amides is 2. The third kappa shape index (κ3) is 3.17. The van der Waals surface area contributed by atoms with Crippen LogP contribution in [0.4, 0.5) is 5.69 Å². The average molecular weight is 437 g/mol. The number of carbonyl (C=O) groups is 2. The summed E-state index contributed by atoms with van der Waals surface area (Å²) in [5, 5.41) is 7.05. The highest BCUT2D eigenvalue weighted by Crippen LogP contribution is 2.58. The Hall–Kier alpha value is -2.08. The number of nitrogens with zero attached hydrogens (tertiary/aromatic N) is 2. The maximum Gasteiger partial charge on any atom is 0.255 e. The zero-order valence-corrected chi connectivity index (χ0v) is 19.2. The van der Waals surface area contributed by atoms with Gasteiger partial charge >= 0.3 is 0 Å². The molecule has 4 saturated carbocycles. The lowest BCUT2D eigenvalue weighted by Gasteiger charge is -2.61. The molecule has 6 aliphatic rings. The standard InChI is InChI=1S/C26H36N4O2/c1-25-11-10-18(26(17-25)27-22-9-5-4-8-20(22)23(31)28-26)16-21(25)24(32)30-14-12-29(13-15-30)19-6-2-3-7-19/h4-5,8-9,18-19,21,27H,2-3,6-7,10-17H2,1H3,(H,28,31)/t18-,21+,25+,26-/m0/s1. The van der Waals surface area contributed by atoms with Crippen molar-refractivity contribution in [3.63, 3.8) is 0 Å². The van der Waals surface area contributed by atoms with E-state index in [0.29, 0.717) is 5.91 Å². The van der Waals surface area contributed by atoms with Gasteiger partial charge in [0.1, 0.15) is 5.66 Å². The second-order valence-corrected chi connectivity index (χ2v) is 11.3. The Morgan fingerprint density at radius 2 is 1.78 bits per heavy atom. The van der Waals surface area contributed by atoms with Gasteiger partial charge in [-0.1, -0.05) is 31.9 Å². The van der Waals surface area contributed by atoms with Gasteiger partial charge < -0.3 is 15.5 Å². The normalized spacial score (nSPS) is 37.3. The lowest BCUT2D eigenvalue weighted by atomic mass is 9.51. The van der Waals surface area contributed by atoms with E-state index in [1.807, 2.05) is 24.3 Å². The first-order chi connectivity index (χ1) is 15.5. The van der Waals surface area contributed by atoms with Crippen LogP contribution in [-0.2, 0) is 4.79 Å². The van der Waals surface area contributed by atoms with Crippen LogP contribution in [0.5, 0.6) is 0 Å². The van der Waals surface area contributed by atoms with E-state index in [1.165, 1.54) is 25.7 Å². The molecule has 2 aliphatic heterocycles. The summed E-state index contributed by atoms with van der Waals surface area (Å²) < 4.78 is 0. The smallest absolute Gasteiger partial charge is 0.255 e. The van der Waals surface area contributed by atoms with Gasteiger partial charge in [-0.3, -0.25) is 14.5 Å². The molecule has 1 saturated heterocycles. The number of fused-ring (bicyclic) bond motifs is 3. The van der Waals surface area contributed by atoms with Gasteiger partial charge in [0.2, 0.25) is 5.91 Å². The van der Waals surface area contributed by atoms with Gasteiger partial charge in [0.15, 0.2) is 0 Å². The molecule has 1 aromatic rings. The highest BCUT2D eigenvalue weighted by molar-refractivity contribution is 6.02. The summed E-state index contributed by atoms with van der Waals surface area (Å²) >= 11 is 0. The second kappa shape index (κ2) is 7.47. The Morgan fingerprint density at radius 1 is 1.03 bits per heavy atom. The molecule has 1 spiro atoms. The highest BCUT2D eigenvalue weighted by Gasteiger charge is 2.60. The number of nitrogens with one attached hydrogen (secondary N) is 2. The van der Waals surface area contributed by atoms with Gasteiger partial charge in [0.25, 0.3) is 5.91 Å². The number of para-hydroxylation sites is 1. The third-order valence-corrected chi connectivity index (χ3v) is 9.44. The minimum Gasteiger partial charge on any atom is -0.362 e. The SMILES string of the molecule is C[C@]12CC[C@@H](C[C@@H]1C(=O)N1CCN(C3CCCC3)CC1)[C@]1(C2)NC(=O)c2ccccc2N1. The highest BCUT2D eigenvalue weighted by atomic mass is 16.2. The maximum absolute atomic E-state index is 13.7. The van der Waals surface area contributed by atoms with E-state index in [-0.39, 0.29) is 23.2 Å². The summed E-state index contributed by atoms with van der Waals surface area (Å²) in [6.45, 7) is 6.10. The molecule has 2 amide bonds. The summed E-state index contributed by atoms with van der Waals surface area (Å²) in [6.07, 6.45) is 9.21. The lowest BCUT2D eigenvalue weighted by Crippen LogP contribution is -2.70. The van der Waals surface area contributed by atoms with Crippen molar-refractivity contribution in [2.75, 3.05) is 31.5 Å². The Bertz CT molecular complexity index is 920. The topological polar surface area (TPSA) is 64.7 Å². The zero-order chi connectivity index (χ0) is 21.9. The van der Waals surface area contributed by atoms with Crippen LogP contribution in [0.3, 0.4) is 0 Å². The quantitative estimate of drug-likeness (QED) is 0.745. The molecule has 4 aliphatic carbocycles. The first kappa shape index (κ1) is 20.5. The largest absolute Gasteiger partial charge is 0.362 e. The van der Waals surface area contributed by atoms with E-state index in [2.05, 4.69) is 27.4 Å². The summed E-state index contributed by atoms with van der Waals surface area (Å²) in [5.74, 6) is 0.734. The fourth-order valence-corrected chi connectivity index (χ4v) is 7.63. The van der Waals surface area contributed by atoms with Gasteiger partial charge in [-0.05, 0) is 56.1 Å². The van der Waals surface area contributed by atoms with Gasteiger partial charge in [0.05, 0.1) is 5.56 Å². The van der Waals surface area contributed by atoms with E-state index in [0.717, 1.165) is 69.2 Å². The van der Waals surface area contributed by atoms with E-state index in [9.17, 15) is 9.59 Å². The van der Waals surface area contributed by atoms with E-state index in [1.54, 1.807) is 0 Å². The van der Waals surface area contributed by atoms with Crippen LogP contribution in [0.15, 0.2) is 24.3 Å². The molecular weight excluding hydrogens is 400 g/mol. The van der Waals surface area contributed by atoms with Crippen molar-refractivity contribution >= 4 is 17.5 Å². The van der Waals surface area contributed by atoms with Crippen molar-refractivity contribution in [3.8, 4) is 0 Å². The monoisotopic (exact) mass is 436 g/mol. The molecule has 172 valence electrons. The van der Waals surface area contributed by atoms with E-state index in [4.69, 9.17) is 0 Å². The van der Waals surface area contributed by atoms with Crippen LogP contribution in [0.1, 0.15) is 68.6 Å². The fourth-order valence-electron chi connectivity index (χ4n) is 7.63. The second-order valence-electron chi connectivity index (χ2n) is 11.3. The molecule has 0 unspecified atom stereocenters. The summed E-state index contributed by atoms with van der Waals surface area (Å²) in [6, 6.07) is 8.53. The Labute approximate surface area is 191 Å². The van der Waals surface area contributed by atoms with Crippen LogP contribution < -0.4 is 10.6 Å². The van der Waals surface area contributed by atoms with Crippen molar-refractivity contribution in [2.45, 2.75) is 70.0 Å². The molecule has 7 rings (SSSR count). The number of anilines is 1. The summed E-state index contributed by atoms with van der Waals surface area (Å²) in [5.41, 5.74) is 1.15. The molecule has 1 aromatic carbocycles. The number of hydrogen-bond donors (Lipinski definition) is 2. The molecule has 4 atom stereocenters. The third-order valence-electron chi connectivity index (χ3n) is 9.44. The van der Waals surface area contributed by atoms with Crippen LogP contribution in [0, 0.1) is 17.3 Å². The first-order valence-corrected chi connectivity index (χ1v) is 12.7.